The smallest absolute Gasteiger partial charge is 0.262 e. The number of anilines is 1. The zero-order chi connectivity index (χ0) is 18.3. The largest absolute Gasteiger partial charge is 0.312 e. The van der Waals surface area contributed by atoms with Gasteiger partial charge in [-0.3, -0.25) is 14.2 Å². The molecule has 7 heteroatoms. The summed E-state index contributed by atoms with van der Waals surface area (Å²) in [4.78, 5) is 32.3. The molecule has 5 nitrogen and oxygen atoms in total. The van der Waals surface area contributed by atoms with Gasteiger partial charge in [-0.2, -0.15) is 0 Å². The second-order valence-corrected chi connectivity index (χ2v) is 8.32. The van der Waals surface area contributed by atoms with Gasteiger partial charge in [-0.1, -0.05) is 15.9 Å². The molecule has 0 bridgehead atoms. The van der Waals surface area contributed by atoms with Crippen LogP contribution in [-0.4, -0.2) is 22.0 Å². The Bertz CT molecular complexity index is 1060. The lowest BCUT2D eigenvalue weighted by Gasteiger charge is -2.31. The summed E-state index contributed by atoms with van der Waals surface area (Å²) < 4.78 is 2.58. The van der Waals surface area contributed by atoms with Crippen molar-refractivity contribution in [3.8, 4) is 0 Å². The van der Waals surface area contributed by atoms with Crippen LogP contribution in [0.25, 0.3) is 10.2 Å². The molecule has 4 rings (SSSR count). The van der Waals surface area contributed by atoms with E-state index >= 15 is 0 Å². The van der Waals surface area contributed by atoms with Crippen molar-refractivity contribution in [2.75, 3.05) is 11.4 Å². The fourth-order valence-corrected chi connectivity index (χ4v) is 4.92. The third kappa shape index (κ3) is 3.10. The standard InChI is InChI=1S/C19H18BrN3O2S/c1-12-9-14(20)10-13-3-2-6-23(17(12)13)16(24)4-7-22-11-21-18-15(19(22)25)5-8-26-18/h5,8-11H,2-4,6-7H2,1H3. The number of nitrogens with zero attached hydrogens (tertiary/aromatic N) is 3. The summed E-state index contributed by atoms with van der Waals surface area (Å²) in [6.07, 6.45) is 3.77. The number of thiophene rings is 1. The molecule has 1 amide bonds. The molecule has 0 N–H and O–H groups in total. The van der Waals surface area contributed by atoms with Crippen molar-refractivity contribution in [3.63, 3.8) is 0 Å². The van der Waals surface area contributed by atoms with Crippen LogP contribution in [0.4, 0.5) is 5.69 Å². The Kier molecular flexibility index (Phi) is 4.67. The van der Waals surface area contributed by atoms with Crippen LogP contribution in [0.2, 0.25) is 0 Å². The molecule has 0 unspecified atom stereocenters. The van der Waals surface area contributed by atoms with Gasteiger partial charge < -0.3 is 4.90 Å². The maximum atomic E-state index is 12.9. The summed E-state index contributed by atoms with van der Waals surface area (Å²) >= 11 is 4.99. The first-order chi connectivity index (χ1) is 12.5. The van der Waals surface area contributed by atoms with E-state index in [1.54, 1.807) is 12.4 Å². The zero-order valence-electron chi connectivity index (χ0n) is 14.4. The van der Waals surface area contributed by atoms with Gasteiger partial charge in [-0.25, -0.2) is 4.98 Å². The third-order valence-corrected chi connectivity index (χ3v) is 6.04. The molecule has 1 aromatic carbocycles. The Morgan fingerprint density at radius 2 is 2.23 bits per heavy atom. The predicted molar refractivity (Wildman–Crippen MR) is 108 cm³/mol. The van der Waals surface area contributed by atoms with Gasteiger partial charge in [0.15, 0.2) is 0 Å². The van der Waals surface area contributed by atoms with Crippen LogP contribution >= 0.6 is 27.3 Å². The second kappa shape index (κ2) is 6.96. The van der Waals surface area contributed by atoms with Crippen molar-refractivity contribution in [3.05, 3.63) is 55.9 Å². The summed E-state index contributed by atoms with van der Waals surface area (Å²) in [5.41, 5.74) is 3.25. The lowest BCUT2D eigenvalue weighted by atomic mass is 9.98. The number of benzene rings is 1. The van der Waals surface area contributed by atoms with Gasteiger partial charge in [-0.15, -0.1) is 11.3 Å². The zero-order valence-corrected chi connectivity index (χ0v) is 16.8. The maximum absolute atomic E-state index is 12.9. The quantitative estimate of drug-likeness (QED) is 0.631. The molecule has 0 spiro atoms. The molecule has 0 radical (unpaired) electrons. The minimum atomic E-state index is -0.0804. The van der Waals surface area contributed by atoms with E-state index in [4.69, 9.17) is 0 Å². The predicted octanol–water partition coefficient (Wildman–Crippen LogP) is 3.90. The van der Waals surface area contributed by atoms with Crippen molar-refractivity contribution in [1.82, 2.24) is 9.55 Å². The van der Waals surface area contributed by atoms with Crippen molar-refractivity contribution in [2.45, 2.75) is 32.7 Å². The van der Waals surface area contributed by atoms with Crippen molar-refractivity contribution in [2.24, 2.45) is 0 Å². The Hall–Kier alpha value is -1.99. The van der Waals surface area contributed by atoms with Gasteiger partial charge in [0.25, 0.3) is 5.56 Å². The van der Waals surface area contributed by atoms with E-state index in [2.05, 4.69) is 27.0 Å². The number of hydrogen-bond acceptors (Lipinski definition) is 4. The topological polar surface area (TPSA) is 55.2 Å². The minimum absolute atomic E-state index is 0.0497. The Labute approximate surface area is 163 Å². The van der Waals surface area contributed by atoms with E-state index in [-0.39, 0.29) is 17.9 Å². The highest BCUT2D eigenvalue weighted by Gasteiger charge is 2.24. The number of aryl methyl sites for hydroxylation is 3. The van der Waals surface area contributed by atoms with Gasteiger partial charge in [0.1, 0.15) is 4.83 Å². The number of rotatable bonds is 3. The molecule has 3 aromatic rings. The number of fused-ring (bicyclic) bond motifs is 2. The molecule has 134 valence electrons. The molecule has 26 heavy (non-hydrogen) atoms. The van der Waals surface area contributed by atoms with Crippen LogP contribution in [0.15, 0.2) is 39.2 Å². The number of carbonyl (C=O) groups excluding carboxylic acids is 1. The summed E-state index contributed by atoms with van der Waals surface area (Å²) in [5, 5.41) is 2.48. The van der Waals surface area contributed by atoms with E-state index in [0.29, 0.717) is 11.9 Å². The summed E-state index contributed by atoms with van der Waals surface area (Å²) in [6.45, 7) is 3.11. The molecule has 0 saturated carbocycles. The van der Waals surface area contributed by atoms with Crippen molar-refractivity contribution >= 4 is 49.1 Å². The van der Waals surface area contributed by atoms with E-state index in [0.717, 1.165) is 39.9 Å². The molecule has 0 atom stereocenters. The molecule has 0 saturated heterocycles. The average Bonchev–Trinajstić information content (AvgIpc) is 3.09. The number of carbonyl (C=O) groups is 1. The highest BCUT2D eigenvalue weighted by molar-refractivity contribution is 9.10. The lowest BCUT2D eigenvalue weighted by Crippen LogP contribution is -2.37. The van der Waals surface area contributed by atoms with E-state index in [1.165, 1.54) is 21.5 Å². The van der Waals surface area contributed by atoms with Crippen LogP contribution < -0.4 is 10.5 Å². The number of aromatic nitrogens is 2. The fraction of sp³-hybridized carbons (Fsp3) is 0.316. The van der Waals surface area contributed by atoms with Gasteiger partial charge in [-0.05, 0) is 54.5 Å². The number of halogens is 1. The van der Waals surface area contributed by atoms with Crippen LogP contribution in [-0.2, 0) is 17.8 Å². The maximum Gasteiger partial charge on any atom is 0.262 e. The average molecular weight is 432 g/mol. The normalized spacial score (nSPS) is 13.8. The first kappa shape index (κ1) is 17.4. The summed E-state index contributed by atoms with van der Waals surface area (Å²) in [7, 11) is 0. The van der Waals surface area contributed by atoms with E-state index in [1.807, 2.05) is 23.3 Å². The molecule has 0 fully saturated rings. The van der Waals surface area contributed by atoms with Crippen molar-refractivity contribution < 1.29 is 4.79 Å². The van der Waals surface area contributed by atoms with Gasteiger partial charge in [0, 0.05) is 29.7 Å². The van der Waals surface area contributed by atoms with Gasteiger partial charge >= 0.3 is 0 Å². The van der Waals surface area contributed by atoms with E-state index < -0.39 is 0 Å². The molecular weight excluding hydrogens is 414 g/mol. The van der Waals surface area contributed by atoms with Crippen LogP contribution in [0, 0.1) is 6.92 Å². The van der Waals surface area contributed by atoms with Gasteiger partial charge in [0.2, 0.25) is 5.91 Å². The summed E-state index contributed by atoms with van der Waals surface area (Å²) in [6, 6.07) is 5.93. The first-order valence-corrected chi connectivity index (χ1v) is 10.2. The Balaban J connectivity index is 1.56. The SMILES string of the molecule is Cc1cc(Br)cc2c1N(C(=O)CCn1cnc3sccc3c1=O)CCC2. The van der Waals surface area contributed by atoms with Crippen LogP contribution in [0.3, 0.4) is 0 Å². The lowest BCUT2D eigenvalue weighted by molar-refractivity contribution is -0.118. The summed E-state index contributed by atoms with van der Waals surface area (Å²) in [5.74, 6) is 0.0497. The first-order valence-electron chi connectivity index (χ1n) is 8.56. The molecule has 2 aromatic heterocycles. The number of amides is 1. The molecule has 1 aliphatic heterocycles. The molecule has 1 aliphatic rings. The fourth-order valence-electron chi connectivity index (χ4n) is 3.57. The van der Waals surface area contributed by atoms with Crippen LogP contribution in [0.1, 0.15) is 24.0 Å². The van der Waals surface area contributed by atoms with Gasteiger partial charge in [0.05, 0.1) is 11.7 Å². The highest BCUT2D eigenvalue weighted by atomic mass is 79.9. The number of hydrogen-bond donors (Lipinski definition) is 0. The van der Waals surface area contributed by atoms with Crippen LogP contribution in [0.5, 0.6) is 0 Å². The van der Waals surface area contributed by atoms with Crippen molar-refractivity contribution in [1.29, 1.82) is 0 Å². The second-order valence-electron chi connectivity index (χ2n) is 6.51. The van der Waals surface area contributed by atoms with E-state index in [9.17, 15) is 9.59 Å². The molecule has 0 aliphatic carbocycles. The Morgan fingerprint density at radius 1 is 1.38 bits per heavy atom. The molecule has 3 heterocycles. The minimum Gasteiger partial charge on any atom is -0.312 e. The third-order valence-electron chi connectivity index (χ3n) is 4.76. The highest BCUT2D eigenvalue weighted by Crippen LogP contribution is 2.33. The Morgan fingerprint density at radius 3 is 3.08 bits per heavy atom. The molecular formula is C19H18BrN3O2S. The monoisotopic (exact) mass is 431 g/mol.